The van der Waals surface area contributed by atoms with E-state index < -0.39 is 15.6 Å². The van der Waals surface area contributed by atoms with Crippen LogP contribution in [0.3, 0.4) is 0 Å². The number of unbranched alkanes of at least 4 members (excludes halogenated alkanes) is 13. The van der Waals surface area contributed by atoms with E-state index in [-0.39, 0.29) is 35.1 Å². The van der Waals surface area contributed by atoms with Gasteiger partial charge >= 0.3 is 29.6 Å². The fraction of sp³-hybridized carbons (Fsp3) is 0.750. The molecule has 0 heterocycles. The first-order valence-electron chi connectivity index (χ1n) is 11.8. The van der Waals surface area contributed by atoms with E-state index in [4.69, 9.17) is 9.47 Å². The number of hydrogen-bond donors (Lipinski definition) is 1. The molecule has 0 aliphatic rings. The summed E-state index contributed by atoms with van der Waals surface area (Å²) in [6.45, 7) is 2.79. The topological polar surface area (TPSA) is 95.9 Å². The summed E-state index contributed by atoms with van der Waals surface area (Å²) in [5, 5.41) is 9.59. The van der Waals surface area contributed by atoms with Gasteiger partial charge in [-0.15, -0.1) is 0 Å². The second-order valence-corrected chi connectivity index (χ2v) is 9.63. The number of aliphatic hydroxyl groups excluding tert-OH is 1. The Morgan fingerprint density at radius 2 is 1.31 bits per heavy atom. The molecule has 0 fully saturated rings. The summed E-state index contributed by atoms with van der Waals surface area (Å²) in [4.78, 5) is 0. The minimum absolute atomic E-state index is 0. The summed E-state index contributed by atoms with van der Waals surface area (Å²) in [6.07, 6.45) is 18.1. The van der Waals surface area contributed by atoms with Crippen molar-refractivity contribution in [1.29, 1.82) is 0 Å². The minimum Gasteiger partial charge on any atom is -0.746 e. The van der Waals surface area contributed by atoms with Gasteiger partial charge < -0.3 is 19.1 Å². The molecular formula is C24H41NaO6S. The molecule has 0 aromatic heterocycles. The van der Waals surface area contributed by atoms with Gasteiger partial charge in [-0.1, -0.05) is 96.5 Å². The Balaban J connectivity index is 0.00000961. The van der Waals surface area contributed by atoms with E-state index in [9.17, 15) is 18.1 Å². The first-order chi connectivity index (χ1) is 14.9. The van der Waals surface area contributed by atoms with Crippen LogP contribution in [-0.2, 0) is 10.1 Å². The number of aliphatic hydroxyl groups is 1. The van der Waals surface area contributed by atoms with E-state index in [1.165, 1.54) is 102 Å². The number of ether oxygens (including phenoxy) is 2. The maximum Gasteiger partial charge on any atom is 1.00 e. The van der Waals surface area contributed by atoms with Crippen molar-refractivity contribution in [3.05, 3.63) is 23.8 Å². The van der Waals surface area contributed by atoms with Crippen molar-refractivity contribution in [2.45, 2.75) is 102 Å². The largest absolute Gasteiger partial charge is 1.00 e. The average Bonchev–Trinajstić information content (AvgIpc) is 2.75. The fourth-order valence-corrected chi connectivity index (χ4v) is 4.08. The van der Waals surface area contributed by atoms with Crippen LogP contribution in [0.4, 0.5) is 0 Å². The predicted molar refractivity (Wildman–Crippen MR) is 123 cm³/mol. The van der Waals surface area contributed by atoms with Gasteiger partial charge in [-0.2, -0.15) is 0 Å². The monoisotopic (exact) mass is 480 g/mol. The van der Waals surface area contributed by atoms with Crippen molar-refractivity contribution >= 4 is 10.1 Å². The Kier molecular flexibility index (Phi) is 18.9. The number of methoxy groups -OCH3 is 1. The van der Waals surface area contributed by atoms with E-state index >= 15 is 0 Å². The molecule has 0 saturated carbocycles. The molecule has 32 heavy (non-hydrogen) atoms. The Hall–Kier alpha value is -0.310. The van der Waals surface area contributed by atoms with Gasteiger partial charge in [-0.3, -0.25) is 0 Å². The summed E-state index contributed by atoms with van der Waals surface area (Å²) in [7, 11) is -3.40. The third-order valence-electron chi connectivity index (χ3n) is 5.50. The van der Waals surface area contributed by atoms with E-state index in [1.807, 2.05) is 0 Å². The van der Waals surface area contributed by atoms with Crippen LogP contribution >= 0.6 is 0 Å². The third kappa shape index (κ3) is 14.1. The number of rotatable bonds is 19. The van der Waals surface area contributed by atoms with E-state index in [0.29, 0.717) is 18.1 Å². The molecule has 0 amide bonds. The molecule has 1 N–H and O–H groups in total. The summed E-state index contributed by atoms with van der Waals surface area (Å²) >= 11 is 0. The molecule has 1 unspecified atom stereocenters. The molecule has 1 aromatic rings. The molecular weight excluding hydrogens is 439 g/mol. The van der Waals surface area contributed by atoms with E-state index in [0.717, 1.165) is 12.8 Å². The van der Waals surface area contributed by atoms with Crippen molar-refractivity contribution in [3.63, 3.8) is 0 Å². The van der Waals surface area contributed by atoms with E-state index in [1.54, 1.807) is 0 Å². The SMILES string of the molecule is CCCCCCCCCCCCCCCCOc1ccc(C(O)S(=O)(=O)[O-])cc1OC.[Na+]. The number of benzene rings is 1. The summed E-state index contributed by atoms with van der Waals surface area (Å²) in [5.41, 5.74) is -2.14. The van der Waals surface area contributed by atoms with Crippen molar-refractivity contribution in [2.24, 2.45) is 0 Å². The molecule has 1 aromatic carbocycles. The second kappa shape index (κ2) is 19.0. The molecule has 1 atom stereocenters. The molecule has 8 heteroatoms. The summed E-state index contributed by atoms with van der Waals surface area (Å²) < 4.78 is 43.8. The van der Waals surface area contributed by atoms with Gasteiger partial charge in [0.15, 0.2) is 16.9 Å². The van der Waals surface area contributed by atoms with Crippen LogP contribution in [0.2, 0.25) is 0 Å². The van der Waals surface area contributed by atoms with Crippen LogP contribution in [0.1, 0.15) is 108 Å². The number of hydrogen-bond acceptors (Lipinski definition) is 6. The smallest absolute Gasteiger partial charge is 0.746 e. The van der Waals surface area contributed by atoms with Crippen molar-refractivity contribution < 1.29 is 57.1 Å². The zero-order valence-corrected chi connectivity index (χ0v) is 23.1. The van der Waals surface area contributed by atoms with Crippen LogP contribution in [0, 0.1) is 0 Å². The van der Waals surface area contributed by atoms with Crippen LogP contribution in [0.15, 0.2) is 18.2 Å². The van der Waals surface area contributed by atoms with Gasteiger partial charge in [-0.05, 0) is 24.1 Å². The standard InChI is InChI=1S/C24H42O6S.Na/c1-3-4-5-6-7-8-9-10-11-12-13-14-15-16-19-30-22-18-17-21(20-23(22)29-2)24(25)31(26,27)28;/h17-18,20,24-25H,3-16,19H2,1-2H3,(H,26,27,28);/q;+1/p-1. The molecule has 180 valence electrons. The molecule has 0 bridgehead atoms. The van der Waals surface area contributed by atoms with Gasteiger partial charge in [0.2, 0.25) is 0 Å². The van der Waals surface area contributed by atoms with Gasteiger partial charge in [0.1, 0.15) is 10.1 Å². The normalized spacial score (nSPS) is 12.2. The Morgan fingerprint density at radius 3 is 1.75 bits per heavy atom. The van der Waals surface area contributed by atoms with Gasteiger partial charge in [0.25, 0.3) is 0 Å². The maximum absolute atomic E-state index is 11.0. The molecule has 6 nitrogen and oxygen atoms in total. The summed E-state index contributed by atoms with van der Waals surface area (Å²) in [6, 6.07) is 4.20. The first-order valence-corrected chi connectivity index (χ1v) is 13.3. The Bertz CT molecular complexity index is 696. The zero-order chi connectivity index (χ0) is 23.0. The van der Waals surface area contributed by atoms with Crippen LogP contribution in [0.25, 0.3) is 0 Å². The molecule has 0 aliphatic carbocycles. The average molecular weight is 481 g/mol. The Morgan fingerprint density at radius 1 is 0.844 bits per heavy atom. The zero-order valence-electron chi connectivity index (χ0n) is 20.3. The molecule has 0 aliphatic heterocycles. The first kappa shape index (κ1) is 31.7. The maximum atomic E-state index is 11.0. The second-order valence-electron chi connectivity index (χ2n) is 8.20. The van der Waals surface area contributed by atoms with Crippen LogP contribution in [-0.4, -0.2) is 31.8 Å². The molecule has 1 rings (SSSR count). The molecule has 0 saturated heterocycles. The molecule has 0 spiro atoms. The minimum atomic E-state index is -4.83. The quantitative estimate of drug-likeness (QED) is 0.186. The van der Waals surface area contributed by atoms with Crippen molar-refractivity contribution in [1.82, 2.24) is 0 Å². The predicted octanol–water partition coefficient (Wildman–Crippen LogP) is 3.10. The third-order valence-corrected chi connectivity index (χ3v) is 6.32. The van der Waals surface area contributed by atoms with Gasteiger partial charge in [0, 0.05) is 0 Å². The van der Waals surface area contributed by atoms with Crippen molar-refractivity contribution in [3.8, 4) is 11.5 Å². The molecule has 0 radical (unpaired) electrons. The fourth-order valence-electron chi connectivity index (χ4n) is 3.60. The van der Waals surface area contributed by atoms with Gasteiger partial charge in [-0.25, -0.2) is 8.42 Å². The van der Waals surface area contributed by atoms with E-state index in [2.05, 4.69) is 6.92 Å². The van der Waals surface area contributed by atoms with Gasteiger partial charge in [0.05, 0.1) is 13.7 Å². The van der Waals surface area contributed by atoms with Crippen LogP contribution in [0.5, 0.6) is 11.5 Å². The van der Waals surface area contributed by atoms with Crippen molar-refractivity contribution in [2.75, 3.05) is 13.7 Å². The Labute approximate surface area is 217 Å². The van der Waals surface area contributed by atoms with Crippen LogP contribution < -0.4 is 39.0 Å². The summed E-state index contributed by atoms with van der Waals surface area (Å²) in [5.74, 6) is 0.766.